The SMILES string of the molecule is Cc1ccc(C(OCC(O)Cn2ccnn2)c2ccccc2)cc1. The molecule has 2 atom stereocenters. The van der Waals surface area contributed by atoms with Gasteiger partial charge in [0.25, 0.3) is 0 Å². The number of ether oxygens (including phenoxy) is 1. The molecular formula is C19H21N3O2. The van der Waals surface area contributed by atoms with Crippen LogP contribution >= 0.6 is 0 Å². The topological polar surface area (TPSA) is 60.2 Å². The second kappa shape index (κ2) is 7.86. The average Bonchev–Trinajstić information content (AvgIpc) is 3.10. The van der Waals surface area contributed by atoms with Crippen molar-refractivity contribution < 1.29 is 9.84 Å². The van der Waals surface area contributed by atoms with Gasteiger partial charge in [-0.3, -0.25) is 0 Å². The van der Waals surface area contributed by atoms with Crippen LogP contribution in [0, 0.1) is 6.92 Å². The van der Waals surface area contributed by atoms with Crippen LogP contribution in [0.3, 0.4) is 0 Å². The van der Waals surface area contributed by atoms with E-state index in [1.54, 1.807) is 17.1 Å². The van der Waals surface area contributed by atoms with Gasteiger partial charge in [0, 0.05) is 6.20 Å². The van der Waals surface area contributed by atoms with Crippen LogP contribution in [0.5, 0.6) is 0 Å². The van der Waals surface area contributed by atoms with Gasteiger partial charge in [0.05, 0.1) is 25.5 Å². The molecule has 1 aromatic heterocycles. The molecule has 0 radical (unpaired) electrons. The zero-order valence-corrected chi connectivity index (χ0v) is 13.6. The van der Waals surface area contributed by atoms with E-state index in [1.165, 1.54) is 5.56 Å². The Morgan fingerprint density at radius 2 is 1.75 bits per heavy atom. The Balaban J connectivity index is 1.71. The number of aryl methyl sites for hydroxylation is 1. The van der Waals surface area contributed by atoms with Crippen molar-refractivity contribution >= 4 is 0 Å². The molecule has 3 aromatic rings. The highest BCUT2D eigenvalue weighted by Crippen LogP contribution is 2.26. The number of aromatic nitrogens is 3. The van der Waals surface area contributed by atoms with Gasteiger partial charge in [-0.15, -0.1) is 5.10 Å². The summed E-state index contributed by atoms with van der Waals surface area (Å²) >= 11 is 0. The minimum absolute atomic E-state index is 0.211. The van der Waals surface area contributed by atoms with Gasteiger partial charge < -0.3 is 9.84 Å². The smallest absolute Gasteiger partial charge is 0.108 e. The lowest BCUT2D eigenvalue weighted by atomic mass is 10.0. The van der Waals surface area contributed by atoms with Crippen LogP contribution in [0.25, 0.3) is 0 Å². The van der Waals surface area contributed by atoms with E-state index in [1.807, 2.05) is 30.3 Å². The molecule has 24 heavy (non-hydrogen) atoms. The summed E-state index contributed by atoms with van der Waals surface area (Å²) in [7, 11) is 0. The standard InChI is InChI=1S/C19H21N3O2/c1-15-7-9-17(10-8-15)19(16-5-3-2-4-6-16)24-14-18(23)13-22-12-11-20-21-22/h2-12,18-19,23H,13-14H2,1H3. The largest absolute Gasteiger partial charge is 0.389 e. The lowest BCUT2D eigenvalue weighted by Crippen LogP contribution is -2.24. The first-order valence-corrected chi connectivity index (χ1v) is 7.97. The highest BCUT2D eigenvalue weighted by atomic mass is 16.5. The number of hydrogen-bond acceptors (Lipinski definition) is 4. The molecular weight excluding hydrogens is 302 g/mol. The maximum Gasteiger partial charge on any atom is 0.108 e. The molecule has 124 valence electrons. The molecule has 0 bridgehead atoms. The number of nitrogens with zero attached hydrogens (tertiary/aromatic N) is 3. The quantitative estimate of drug-likeness (QED) is 0.726. The van der Waals surface area contributed by atoms with Crippen molar-refractivity contribution in [3.05, 3.63) is 83.7 Å². The molecule has 0 saturated heterocycles. The van der Waals surface area contributed by atoms with Crippen LogP contribution in [-0.2, 0) is 11.3 Å². The molecule has 0 aliphatic heterocycles. The molecule has 1 N–H and O–H groups in total. The van der Waals surface area contributed by atoms with Crippen molar-refractivity contribution in [3.8, 4) is 0 Å². The lowest BCUT2D eigenvalue weighted by molar-refractivity contribution is -0.00209. The fourth-order valence-corrected chi connectivity index (χ4v) is 2.56. The summed E-state index contributed by atoms with van der Waals surface area (Å²) in [5.74, 6) is 0. The maximum atomic E-state index is 10.2. The van der Waals surface area contributed by atoms with Crippen molar-refractivity contribution in [3.63, 3.8) is 0 Å². The van der Waals surface area contributed by atoms with Crippen molar-refractivity contribution in [2.24, 2.45) is 0 Å². The van der Waals surface area contributed by atoms with Gasteiger partial charge in [0.2, 0.25) is 0 Å². The summed E-state index contributed by atoms with van der Waals surface area (Å²) in [5, 5.41) is 17.8. The predicted octanol–water partition coefficient (Wildman–Crippen LogP) is 2.75. The highest BCUT2D eigenvalue weighted by molar-refractivity contribution is 5.31. The molecule has 0 fully saturated rings. The fourth-order valence-electron chi connectivity index (χ4n) is 2.56. The zero-order chi connectivity index (χ0) is 16.8. The van der Waals surface area contributed by atoms with Crippen LogP contribution in [0.2, 0.25) is 0 Å². The van der Waals surface area contributed by atoms with Crippen LogP contribution in [-0.4, -0.2) is 32.8 Å². The number of aliphatic hydroxyl groups excluding tert-OH is 1. The normalized spacial score (nSPS) is 13.6. The molecule has 0 aliphatic carbocycles. The van der Waals surface area contributed by atoms with Crippen molar-refractivity contribution in [2.45, 2.75) is 25.7 Å². The monoisotopic (exact) mass is 323 g/mol. The number of benzene rings is 2. The van der Waals surface area contributed by atoms with E-state index in [0.717, 1.165) is 11.1 Å². The number of hydrogen-bond donors (Lipinski definition) is 1. The molecule has 2 unspecified atom stereocenters. The lowest BCUT2D eigenvalue weighted by Gasteiger charge is -2.21. The fraction of sp³-hybridized carbons (Fsp3) is 0.263. The van der Waals surface area contributed by atoms with E-state index in [2.05, 4.69) is 41.5 Å². The Labute approximate surface area is 141 Å². The minimum atomic E-state index is -0.650. The first-order valence-electron chi connectivity index (χ1n) is 7.97. The molecule has 0 spiro atoms. The predicted molar refractivity (Wildman–Crippen MR) is 91.4 cm³/mol. The van der Waals surface area contributed by atoms with E-state index >= 15 is 0 Å². The van der Waals surface area contributed by atoms with Gasteiger partial charge in [-0.25, -0.2) is 4.68 Å². The summed E-state index contributed by atoms with van der Waals surface area (Å²) in [6, 6.07) is 18.3. The van der Waals surface area contributed by atoms with Crippen LogP contribution in [0.1, 0.15) is 22.8 Å². The minimum Gasteiger partial charge on any atom is -0.389 e. The van der Waals surface area contributed by atoms with Crippen LogP contribution < -0.4 is 0 Å². The zero-order valence-electron chi connectivity index (χ0n) is 13.6. The third kappa shape index (κ3) is 4.28. The van der Waals surface area contributed by atoms with E-state index in [-0.39, 0.29) is 12.7 Å². The molecule has 1 heterocycles. The Bertz CT molecular complexity index is 727. The van der Waals surface area contributed by atoms with Crippen LogP contribution in [0.4, 0.5) is 0 Å². The third-order valence-electron chi connectivity index (χ3n) is 3.81. The van der Waals surface area contributed by atoms with Crippen molar-refractivity contribution in [2.75, 3.05) is 6.61 Å². The van der Waals surface area contributed by atoms with Crippen molar-refractivity contribution in [1.29, 1.82) is 0 Å². The van der Waals surface area contributed by atoms with E-state index in [4.69, 9.17) is 4.74 Å². The van der Waals surface area contributed by atoms with Gasteiger partial charge in [-0.1, -0.05) is 65.4 Å². The molecule has 0 saturated carbocycles. The first kappa shape index (κ1) is 16.4. The first-order chi connectivity index (χ1) is 11.7. The van der Waals surface area contributed by atoms with Gasteiger partial charge in [0.1, 0.15) is 6.10 Å². The molecule has 3 rings (SSSR count). The Morgan fingerprint density at radius 1 is 1.04 bits per heavy atom. The van der Waals surface area contributed by atoms with Gasteiger partial charge in [-0.2, -0.15) is 0 Å². The summed E-state index contributed by atoms with van der Waals surface area (Å²) in [6.07, 6.45) is 2.45. The summed E-state index contributed by atoms with van der Waals surface area (Å²) < 4.78 is 7.65. The Hall–Kier alpha value is -2.50. The second-order valence-electron chi connectivity index (χ2n) is 5.81. The molecule has 5 heteroatoms. The van der Waals surface area contributed by atoms with E-state index in [9.17, 15) is 5.11 Å². The Morgan fingerprint density at radius 3 is 2.42 bits per heavy atom. The summed E-state index contributed by atoms with van der Waals surface area (Å²) in [4.78, 5) is 0. The van der Waals surface area contributed by atoms with E-state index < -0.39 is 6.10 Å². The van der Waals surface area contributed by atoms with Gasteiger partial charge in [0.15, 0.2) is 0 Å². The third-order valence-corrected chi connectivity index (χ3v) is 3.81. The van der Waals surface area contributed by atoms with Crippen molar-refractivity contribution in [1.82, 2.24) is 15.0 Å². The number of aliphatic hydroxyl groups is 1. The summed E-state index contributed by atoms with van der Waals surface area (Å²) in [5.41, 5.74) is 3.34. The molecule has 0 aliphatic rings. The highest BCUT2D eigenvalue weighted by Gasteiger charge is 2.17. The summed E-state index contributed by atoms with van der Waals surface area (Å²) in [6.45, 7) is 2.63. The average molecular weight is 323 g/mol. The molecule has 0 amide bonds. The van der Waals surface area contributed by atoms with Gasteiger partial charge in [-0.05, 0) is 18.1 Å². The van der Waals surface area contributed by atoms with Gasteiger partial charge >= 0.3 is 0 Å². The van der Waals surface area contributed by atoms with E-state index in [0.29, 0.717) is 6.54 Å². The van der Waals surface area contributed by atoms with Crippen LogP contribution in [0.15, 0.2) is 67.0 Å². The number of rotatable bonds is 7. The second-order valence-corrected chi connectivity index (χ2v) is 5.81. The maximum absolute atomic E-state index is 10.2. The molecule has 5 nitrogen and oxygen atoms in total. The Kier molecular flexibility index (Phi) is 5.36. The molecule has 2 aromatic carbocycles.